The molecule has 0 unspecified atom stereocenters. The van der Waals surface area contributed by atoms with Crippen molar-refractivity contribution in [2.24, 2.45) is 5.92 Å². The van der Waals surface area contributed by atoms with Crippen molar-refractivity contribution in [3.05, 3.63) is 98.7 Å². The Morgan fingerprint density at radius 3 is 2.42 bits per heavy atom. The van der Waals surface area contributed by atoms with E-state index in [0.29, 0.717) is 36.6 Å². The molecule has 8 nitrogen and oxygen atoms in total. The summed E-state index contributed by atoms with van der Waals surface area (Å²) in [7, 11) is 0. The summed E-state index contributed by atoms with van der Waals surface area (Å²) < 4.78 is 17.3. The highest BCUT2D eigenvalue weighted by molar-refractivity contribution is 5.76. The first-order valence-corrected chi connectivity index (χ1v) is 12.1. The number of carbonyl (C=O) groups is 1. The third kappa shape index (κ3) is 5.79. The number of hydrogen-bond donors (Lipinski definition) is 1. The largest absolute Gasteiger partial charge is 0.354 e. The number of hydrogen-bond acceptors (Lipinski definition) is 4. The lowest BCUT2D eigenvalue weighted by Crippen LogP contribution is -2.44. The van der Waals surface area contributed by atoms with Gasteiger partial charge in [0.1, 0.15) is 12.4 Å². The van der Waals surface area contributed by atoms with Crippen LogP contribution in [0.2, 0.25) is 0 Å². The Morgan fingerprint density at radius 2 is 1.72 bits per heavy atom. The Labute approximate surface area is 208 Å². The SMILES string of the molecule is CC(C)CCn1cnc2c1c(=O)n(CC(=O)NCCc1ccc(F)cc1)c(=O)n2Cc1ccccc1. The van der Waals surface area contributed by atoms with Crippen molar-refractivity contribution < 1.29 is 9.18 Å². The van der Waals surface area contributed by atoms with Crippen molar-refractivity contribution in [1.29, 1.82) is 0 Å². The Bertz CT molecular complexity index is 1450. The van der Waals surface area contributed by atoms with E-state index in [0.717, 1.165) is 22.1 Å². The second-order valence-electron chi connectivity index (χ2n) is 9.26. The number of carbonyl (C=O) groups excluding carboxylic acids is 1. The van der Waals surface area contributed by atoms with Crippen molar-refractivity contribution in [2.75, 3.05) is 6.54 Å². The molecule has 0 aliphatic rings. The molecule has 0 spiro atoms. The molecule has 2 aromatic heterocycles. The summed E-state index contributed by atoms with van der Waals surface area (Å²) in [6.45, 7) is 4.89. The van der Waals surface area contributed by atoms with Gasteiger partial charge in [-0.1, -0.05) is 56.3 Å². The van der Waals surface area contributed by atoms with Gasteiger partial charge in [-0.25, -0.2) is 18.7 Å². The number of nitrogens with zero attached hydrogens (tertiary/aromatic N) is 4. The number of benzene rings is 2. The zero-order valence-corrected chi connectivity index (χ0v) is 20.5. The summed E-state index contributed by atoms with van der Waals surface area (Å²) in [4.78, 5) is 43.9. The van der Waals surface area contributed by atoms with Gasteiger partial charge in [-0.2, -0.15) is 0 Å². The molecule has 36 heavy (non-hydrogen) atoms. The summed E-state index contributed by atoms with van der Waals surface area (Å²) in [6, 6.07) is 15.5. The van der Waals surface area contributed by atoms with Crippen LogP contribution in [0.25, 0.3) is 11.2 Å². The summed E-state index contributed by atoms with van der Waals surface area (Å²) >= 11 is 0. The van der Waals surface area contributed by atoms with Crippen LogP contribution in [-0.2, 0) is 30.8 Å². The minimum atomic E-state index is -0.584. The molecular weight excluding hydrogens is 461 g/mol. The molecule has 188 valence electrons. The molecule has 0 saturated heterocycles. The topological polar surface area (TPSA) is 90.9 Å². The number of fused-ring (bicyclic) bond motifs is 1. The van der Waals surface area contributed by atoms with Gasteiger partial charge in [0, 0.05) is 13.1 Å². The molecule has 2 heterocycles. The molecule has 0 saturated carbocycles. The molecule has 4 aromatic rings. The number of imidazole rings is 1. The van der Waals surface area contributed by atoms with Gasteiger partial charge < -0.3 is 9.88 Å². The van der Waals surface area contributed by atoms with Crippen LogP contribution in [-0.4, -0.2) is 31.1 Å². The molecule has 0 atom stereocenters. The third-order valence-electron chi connectivity index (χ3n) is 6.07. The standard InChI is InChI=1S/C27H30FN5O3/c1-19(2)13-15-31-18-30-25-24(31)26(35)33(27(36)32(25)16-21-6-4-3-5-7-21)17-23(34)29-14-12-20-8-10-22(28)11-9-20/h3-11,18-19H,12-17H2,1-2H3,(H,29,34). The number of aryl methyl sites for hydroxylation is 1. The molecule has 4 rings (SSSR count). The zero-order valence-electron chi connectivity index (χ0n) is 20.5. The minimum Gasteiger partial charge on any atom is -0.354 e. The average molecular weight is 492 g/mol. The normalized spacial score (nSPS) is 11.3. The Morgan fingerprint density at radius 1 is 1.00 bits per heavy atom. The van der Waals surface area contributed by atoms with Crippen molar-refractivity contribution in [3.63, 3.8) is 0 Å². The van der Waals surface area contributed by atoms with Gasteiger partial charge in [0.05, 0.1) is 12.9 Å². The Hall–Kier alpha value is -4.01. The summed E-state index contributed by atoms with van der Waals surface area (Å²) in [5.41, 5.74) is 1.26. The molecule has 1 N–H and O–H groups in total. The maximum Gasteiger partial charge on any atom is 0.333 e. The van der Waals surface area contributed by atoms with Crippen molar-refractivity contribution in [2.45, 2.75) is 46.3 Å². The first-order valence-electron chi connectivity index (χ1n) is 12.1. The van der Waals surface area contributed by atoms with Crippen LogP contribution >= 0.6 is 0 Å². The van der Waals surface area contributed by atoms with Crippen LogP contribution in [0.15, 0.2) is 70.5 Å². The third-order valence-corrected chi connectivity index (χ3v) is 6.07. The maximum absolute atomic E-state index is 13.4. The Balaban J connectivity index is 1.63. The fourth-order valence-corrected chi connectivity index (χ4v) is 4.05. The molecular formula is C27H30FN5O3. The molecule has 0 bridgehead atoms. The first-order chi connectivity index (χ1) is 17.3. The van der Waals surface area contributed by atoms with Gasteiger partial charge in [-0.3, -0.25) is 14.2 Å². The molecule has 0 aliphatic carbocycles. The molecule has 1 amide bonds. The Kier molecular flexibility index (Phi) is 7.77. The van der Waals surface area contributed by atoms with Gasteiger partial charge in [0.25, 0.3) is 5.56 Å². The average Bonchev–Trinajstić information content (AvgIpc) is 3.29. The van der Waals surface area contributed by atoms with E-state index in [4.69, 9.17) is 0 Å². The highest BCUT2D eigenvalue weighted by Crippen LogP contribution is 2.12. The fraction of sp³-hybridized carbons (Fsp3) is 0.333. The smallest absolute Gasteiger partial charge is 0.333 e. The molecule has 0 aliphatic heterocycles. The van der Waals surface area contributed by atoms with E-state index in [1.54, 1.807) is 23.0 Å². The lowest BCUT2D eigenvalue weighted by atomic mass is 10.1. The van der Waals surface area contributed by atoms with Crippen LogP contribution in [0, 0.1) is 11.7 Å². The van der Waals surface area contributed by atoms with Gasteiger partial charge in [-0.15, -0.1) is 0 Å². The van der Waals surface area contributed by atoms with E-state index < -0.39 is 23.7 Å². The summed E-state index contributed by atoms with van der Waals surface area (Å²) in [6.07, 6.45) is 2.93. The van der Waals surface area contributed by atoms with E-state index >= 15 is 0 Å². The highest BCUT2D eigenvalue weighted by Gasteiger charge is 2.20. The minimum absolute atomic E-state index is 0.226. The monoisotopic (exact) mass is 491 g/mol. The van der Waals surface area contributed by atoms with Crippen molar-refractivity contribution >= 4 is 17.1 Å². The molecule has 9 heteroatoms. The number of rotatable bonds is 10. The van der Waals surface area contributed by atoms with E-state index in [1.165, 1.54) is 16.7 Å². The summed E-state index contributed by atoms with van der Waals surface area (Å²) in [5.74, 6) is -0.348. The van der Waals surface area contributed by atoms with Crippen LogP contribution in [0.3, 0.4) is 0 Å². The predicted octanol–water partition coefficient (Wildman–Crippen LogP) is 2.95. The number of halogens is 1. The summed E-state index contributed by atoms with van der Waals surface area (Å²) in [5, 5.41) is 2.75. The van der Waals surface area contributed by atoms with Gasteiger partial charge in [0.15, 0.2) is 11.2 Å². The molecule has 2 aromatic carbocycles. The van der Waals surface area contributed by atoms with Crippen LogP contribution in [0.4, 0.5) is 4.39 Å². The van der Waals surface area contributed by atoms with Gasteiger partial charge >= 0.3 is 5.69 Å². The van der Waals surface area contributed by atoms with Crippen molar-refractivity contribution in [3.8, 4) is 0 Å². The maximum atomic E-state index is 13.4. The first kappa shape index (κ1) is 25.1. The number of amides is 1. The second-order valence-corrected chi connectivity index (χ2v) is 9.26. The zero-order chi connectivity index (χ0) is 25.7. The van der Waals surface area contributed by atoms with E-state index in [2.05, 4.69) is 24.1 Å². The van der Waals surface area contributed by atoms with E-state index in [-0.39, 0.29) is 12.4 Å². The highest BCUT2D eigenvalue weighted by atomic mass is 19.1. The lowest BCUT2D eigenvalue weighted by Gasteiger charge is -2.13. The van der Waals surface area contributed by atoms with Crippen LogP contribution in [0.1, 0.15) is 31.4 Å². The molecule has 0 fully saturated rings. The quantitative estimate of drug-likeness (QED) is 0.369. The lowest BCUT2D eigenvalue weighted by molar-refractivity contribution is -0.121. The van der Waals surface area contributed by atoms with Gasteiger partial charge in [-0.05, 0) is 42.0 Å². The van der Waals surface area contributed by atoms with E-state index in [9.17, 15) is 18.8 Å². The number of aromatic nitrogens is 4. The van der Waals surface area contributed by atoms with Crippen molar-refractivity contribution in [1.82, 2.24) is 24.0 Å². The van der Waals surface area contributed by atoms with Crippen LogP contribution in [0.5, 0.6) is 0 Å². The van der Waals surface area contributed by atoms with Crippen LogP contribution < -0.4 is 16.6 Å². The van der Waals surface area contributed by atoms with E-state index in [1.807, 2.05) is 30.3 Å². The predicted molar refractivity (Wildman–Crippen MR) is 136 cm³/mol. The second kappa shape index (κ2) is 11.2. The fourth-order valence-electron chi connectivity index (χ4n) is 4.05. The molecule has 0 radical (unpaired) electrons. The van der Waals surface area contributed by atoms with Gasteiger partial charge in [0.2, 0.25) is 5.91 Å². The number of nitrogens with one attached hydrogen (secondary N) is 1.